The van der Waals surface area contributed by atoms with E-state index < -0.39 is 10.0 Å². The number of aliphatic imine (C=N–C) groups is 1. The summed E-state index contributed by atoms with van der Waals surface area (Å²) in [5.74, 6) is 0. The maximum Gasteiger partial charge on any atom is 0.248 e. The zero-order chi connectivity index (χ0) is 11.6. The minimum absolute atomic E-state index is 0.151. The topological polar surface area (TPSA) is 72.5 Å². The normalized spacial score (nSPS) is 15.9. The van der Waals surface area contributed by atoms with Gasteiger partial charge < -0.3 is 0 Å². The van der Waals surface area contributed by atoms with Crippen LogP contribution in [0, 0.1) is 0 Å². The second kappa shape index (κ2) is 4.54. The first kappa shape index (κ1) is 11.6. The zero-order valence-electron chi connectivity index (χ0n) is 8.03. The minimum Gasteiger partial charge on any atom is -0.256 e. The quantitative estimate of drug-likeness (QED) is 0.895. The van der Waals surface area contributed by atoms with Crippen LogP contribution in [0.3, 0.4) is 0 Å². The molecule has 0 aromatic carbocycles. The Bertz CT molecular complexity index is 582. The summed E-state index contributed by atoms with van der Waals surface area (Å²) in [7, 11) is -3.68. The lowest BCUT2D eigenvalue weighted by atomic mass is 10.3. The first-order valence-electron chi connectivity index (χ1n) is 4.24. The van der Waals surface area contributed by atoms with Crippen LogP contribution < -0.4 is 5.14 Å². The number of hydrogen-bond donors (Lipinski definition) is 1. The van der Waals surface area contributed by atoms with Gasteiger partial charge in [0.05, 0.1) is 5.70 Å². The van der Waals surface area contributed by atoms with Crippen LogP contribution in [0.2, 0.25) is 0 Å². The van der Waals surface area contributed by atoms with Crippen molar-refractivity contribution in [1.82, 2.24) is 0 Å². The van der Waals surface area contributed by atoms with E-state index in [1.165, 1.54) is 11.8 Å². The minimum atomic E-state index is -3.68. The molecule has 4 nitrogen and oxygen atoms in total. The summed E-state index contributed by atoms with van der Waals surface area (Å²) in [4.78, 5) is 4.15. The molecule has 0 bridgehead atoms. The van der Waals surface area contributed by atoms with Gasteiger partial charge in [0.25, 0.3) is 0 Å². The van der Waals surface area contributed by atoms with Gasteiger partial charge >= 0.3 is 0 Å². The van der Waals surface area contributed by atoms with Gasteiger partial charge in [-0.1, -0.05) is 0 Å². The highest BCUT2D eigenvalue weighted by molar-refractivity contribution is 8.05. The van der Waals surface area contributed by atoms with E-state index >= 15 is 0 Å². The molecule has 7 heteroatoms. The van der Waals surface area contributed by atoms with Crippen molar-refractivity contribution in [1.29, 1.82) is 0 Å². The monoisotopic (exact) mass is 272 g/mol. The third kappa shape index (κ3) is 2.43. The molecule has 2 rings (SSSR count). The van der Waals surface area contributed by atoms with Crippen molar-refractivity contribution >= 4 is 45.0 Å². The Labute approximate surface area is 102 Å². The van der Waals surface area contributed by atoms with Gasteiger partial charge in [0.15, 0.2) is 0 Å². The van der Waals surface area contributed by atoms with Crippen molar-refractivity contribution in [3.8, 4) is 0 Å². The molecule has 84 valence electrons. The van der Waals surface area contributed by atoms with Gasteiger partial charge in [0.2, 0.25) is 10.0 Å². The fraction of sp³-hybridized carbons (Fsp3) is 0. The molecule has 1 aliphatic rings. The smallest absolute Gasteiger partial charge is 0.248 e. The molecule has 0 unspecified atom stereocenters. The highest BCUT2D eigenvalue weighted by Gasteiger charge is 2.18. The molecule has 1 aromatic rings. The van der Waals surface area contributed by atoms with Gasteiger partial charge in [-0.3, -0.25) is 4.99 Å². The molecule has 0 spiro atoms. The summed E-state index contributed by atoms with van der Waals surface area (Å²) in [6.45, 7) is 0. The predicted octanol–water partition coefficient (Wildman–Crippen LogP) is 2.03. The van der Waals surface area contributed by atoms with E-state index in [0.29, 0.717) is 11.3 Å². The first-order chi connectivity index (χ1) is 7.59. The lowest BCUT2D eigenvalue weighted by Crippen LogP contribution is -2.11. The van der Waals surface area contributed by atoms with Crippen LogP contribution in [0.4, 0.5) is 0 Å². The second-order valence-electron chi connectivity index (χ2n) is 2.91. The number of rotatable bonds is 2. The Balaban J connectivity index is 2.50. The van der Waals surface area contributed by atoms with Crippen molar-refractivity contribution in [3.05, 3.63) is 33.9 Å². The molecule has 1 aliphatic heterocycles. The molecule has 0 aliphatic carbocycles. The van der Waals surface area contributed by atoms with E-state index in [9.17, 15) is 8.42 Å². The number of thiophene rings is 1. The molecule has 0 saturated carbocycles. The summed E-state index contributed by atoms with van der Waals surface area (Å²) in [5.41, 5.74) is 1.17. The largest absolute Gasteiger partial charge is 0.256 e. The first-order valence-corrected chi connectivity index (χ1v) is 7.61. The Morgan fingerprint density at radius 1 is 1.38 bits per heavy atom. The SMILES string of the molecule is NS(=O)(=O)c1sccc1C1=CSC=CC=N1. The van der Waals surface area contributed by atoms with Crippen molar-refractivity contribution < 1.29 is 8.42 Å². The van der Waals surface area contributed by atoms with Crippen LogP contribution in [0.15, 0.2) is 37.5 Å². The van der Waals surface area contributed by atoms with E-state index in [0.717, 1.165) is 11.3 Å². The number of hydrogen-bond acceptors (Lipinski definition) is 5. The zero-order valence-corrected chi connectivity index (χ0v) is 10.5. The third-order valence-corrected chi connectivity index (χ3v) is 4.90. The molecule has 0 saturated heterocycles. The Morgan fingerprint density at radius 2 is 2.19 bits per heavy atom. The molecular formula is C9H8N2O2S3. The van der Waals surface area contributed by atoms with E-state index in [1.807, 2.05) is 5.41 Å². The summed E-state index contributed by atoms with van der Waals surface area (Å²) < 4.78 is 22.8. The lowest BCUT2D eigenvalue weighted by Gasteiger charge is -2.01. The van der Waals surface area contributed by atoms with Crippen molar-refractivity contribution in [2.45, 2.75) is 4.21 Å². The van der Waals surface area contributed by atoms with E-state index in [-0.39, 0.29) is 4.21 Å². The number of primary sulfonamides is 1. The van der Waals surface area contributed by atoms with E-state index in [2.05, 4.69) is 4.99 Å². The van der Waals surface area contributed by atoms with E-state index in [4.69, 9.17) is 5.14 Å². The highest BCUT2D eigenvalue weighted by atomic mass is 32.2. The molecule has 1 aromatic heterocycles. The summed E-state index contributed by atoms with van der Waals surface area (Å²) in [6.07, 6.45) is 3.41. The maximum absolute atomic E-state index is 11.3. The Morgan fingerprint density at radius 3 is 2.94 bits per heavy atom. The van der Waals surface area contributed by atoms with Gasteiger partial charge in [-0.2, -0.15) is 0 Å². The van der Waals surface area contributed by atoms with E-state index in [1.54, 1.807) is 29.1 Å². The summed E-state index contributed by atoms with van der Waals surface area (Å²) >= 11 is 2.54. The van der Waals surface area contributed by atoms with Gasteiger partial charge in [-0.05, 0) is 22.9 Å². The van der Waals surface area contributed by atoms with Gasteiger partial charge in [0, 0.05) is 17.2 Å². The number of nitrogens with zero attached hydrogens (tertiary/aromatic N) is 1. The third-order valence-electron chi connectivity index (χ3n) is 1.80. The number of allylic oxidation sites excluding steroid dienone is 1. The molecule has 2 N–H and O–H groups in total. The van der Waals surface area contributed by atoms with Gasteiger partial charge in [-0.25, -0.2) is 13.6 Å². The number of thioether (sulfide) groups is 1. The van der Waals surface area contributed by atoms with Crippen LogP contribution in [0.5, 0.6) is 0 Å². The molecular weight excluding hydrogens is 264 g/mol. The van der Waals surface area contributed by atoms with Crippen LogP contribution >= 0.6 is 23.1 Å². The molecule has 0 radical (unpaired) electrons. The van der Waals surface area contributed by atoms with Crippen molar-refractivity contribution in [2.75, 3.05) is 0 Å². The van der Waals surface area contributed by atoms with Gasteiger partial charge in [0.1, 0.15) is 4.21 Å². The molecule has 0 atom stereocenters. The van der Waals surface area contributed by atoms with Gasteiger partial charge in [-0.15, -0.1) is 23.1 Å². The Kier molecular flexibility index (Phi) is 3.29. The second-order valence-corrected chi connectivity index (χ2v) is 6.37. The van der Waals surface area contributed by atoms with Crippen molar-refractivity contribution in [3.63, 3.8) is 0 Å². The average molecular weight is 272 g/mol. The standard InChI is InChI=1S/C9H8N2O2S3/c10-16(12,13)9-7(2-5-15-9)8-6-14-4-1-3-11-8/h1-6H,(H2,10,12,13). The predicted molar refractivity (Wildman–Crippen MR) is 68.9 cm³/mol. The van der Waals surface area contributed by atoms with Crippen LogP contribution in [-0.2, 0) is 10.0 Å². The average Bonchev–Trinajstić information content (AvgIpc) is 2.55. The molecule has 16 heavy (non-hydrogen) atoms. The molecule has 0 fully saturated rings. The fourth-order valence-corrected chi connectivity index (χ4v) is 3.54. The highest BCUT2D eigenvalue weighted by Crippen LogP contribution is 2.30. The Hall–Kier alpha value is -0.890. The maximum atomic E-state index is 11.3. The van der Waals surface area contributed by atoms with Crippen LogP contribution in [-0.4, -0.2) is 14.6 Å². The summed E-state index contributed by atoms with van der Waals surface area (Å²) in [6, 6.07) is 1.71. The molecule has 2 heterocycles. The fourth-order valence-electron chi connectivity index (χ4n) is 1.18. The lowest BCUT2D eigenvalue weighted by molar-refractivity contribution is 0.599. The van der Waals surface area contributed by atoms with Crippen molar-refractivity contribution in [2.24, 2.45) is 10.1 Å². The summed E-state index contributed by atoms with van der Waals surface area (Å²) in [5, 5.41) is 10.5. The molecule has 0 amide bonds. The number of sulfonamides is 1. The number of nitrogens with two attached hydrogens (primary N) is 1. The van der Waals surface area contributed by atoms with Crippen LogP contribution in [0.25, 0.3) is 5.70 Å². The van der Waals surface area contributed by atoms with Crippen LogP contribution in [0.1, 0.15) is 5.56 Å².